The van der Waals surface area contributed by atoms with Gasteiger partial charge in [0, 0.05) is 24.7 Å². The van der Waals surface area contributed by atoms with Crippen molar-refractivity contribution >= 4 is 5.91 Å². The third kappa shape index (κ3) is 13.1. The second-order valence-corrected chi connectivity index (χ2v) is 11.8. The van der Waals surface area contributed by atoms with E-state index in [9.17, 15) is 35.4 Å². The predicted octanol–water partition coefficient (Wildman–Crippen LogP) is 2.08. The molecule has 0 saturated carbocycles. The topological polar surface area (TPSA) is 187 Å². The molecule has 7 N–H and O–H groups in total. The fourth-order valence-corrected chi connectivity index (χ4v) is 5.28. The van der Waals surface area contributed by atoms with Crippen LogP contribution in [0, 0.1) is 0 Å². The SMILES string of the molecule is CCCCCCCCCCCn1cc([C@@H](O)[C@@H](O)[C@H](CO[C@H]2O[C@H](CO)[C@H](O)[C@H](O)[C@H]2O)NC(=O)CCCCCC)cn1. The number of nitrogens with one attached hydrogen (secondary N) is 1. The monoisotopic (exact) mass is 615 g/mol. The minimum absolute atomic E-state index is 0.232. The van der Waals surface area contributed by atoms with Crippen molar-refractivity contribution in [3.8, 4) is 0 Å². The molecule has 12 heteroatoms. The van der Waals surface area contributed by atoms with Crippen molar-refractivity contribution in [1.29, 1.82) is 0 Å². The molecular formula is C31H57N3O9. The Labute approximate surface area is 256 Å². The number of aliphatic hydroxyl groups excluding tert-OH is 6. The second-order valence-electron chi connectivity index (χ2n) is 11.8. The summed E-state index contributed by atoms with van der Waals surface area (Å²) in [7, 11) is 0. The number of hydrogen-bond acceptors (Lipinski definition) is 10. The molecule has 0 aliphatic carbocycles. The Morgan fingerprint density at radius 1 is 0.930 bits per heavy atom. The van der Waals surface area contributed by atoms with Gasteiger partial charge in [-0.25, -0.2) is 0 Å². The minimum Gasteiger partial charge on any atom is -0.394 e. The van der Waals surface area contributed by atoms with Gasteiger partial charge in [0.1, 0.15) is 36.6 Å². The van der Waals surface area contributed by atoms with Crippen LogP contribution in [-0.4, -0.2) is 102 Å². The molecule has 1 aromatic heterocycles. The van der Waals surface area contributed by atoms with Crippen LogP contribution in [0.4, 0.5) is 0 Å². The zero-order valence-corrected chi connectivity index (χ0v) is 26.1. The summed E-state index contributed by atoms with van der Waals surface area (Å²) in [6, 6.07) is -1.10. The molecule has 250 valence electrons. The molecule has 8 atom stereocenters. The van der Waals surface area contributed by atoms with Crippen LogP contribution in [0.1, 0.15) is 115 Å². The summed E-state index contributed by atoms with van der Waals surface area (Å²) in [5.41, 5.74) is 0.387. The van der Waals surface area contributed by atoms with E-state index in [1.54, 1.807) is 10.9 Å². The first-order valence-electron chi connectivity index (χ1n) is 16.3. The molecule has 1 aliphatic heterocycles. The maximum absolute atomic E-state index is 12.7. The summed E-state index contributed by atoms with van der Waals surface area (Å²) < 4.78 is 12.7. The molecule has 1 aromatic rings. The molecule has 1 aliphatic rings. The number of carbonyl (C=O) groups is 1. The Kier molecular flexibility index (Phi) is 18.5. The highest BCUT2D eigenvalue weighted by Crippen LogP contribution is 2.24. The first kappa shape index (κ1) is 37.5. The number of unbranched alkanes of at least 4 members (excludes halogenated alkanes) is 11. The standard InChI is InChI=1S/C31H57N3O9/c1-3-5-7-9-10-11-12-13-15-17-34-19-22(18-32-34)26(37)27(38)23(33-25(36)16-14-8-6-4-2)21-42-31-30(41)29(40)28(39)24(20-35)43-31/h18-19,23-24,26-31,35,37-41H,3-17,20-21H2,1-2H3,(H,33,36)/t23-,24+,26+,27-,28-,29-,30+,31-/m0/s1. The lowest BCUT2D eigenvalue weighted by molar-refractivity contribution is -0.303. The number of carbonyl (C=O) groups excluding carboxylic acids is 1. The summed E-state index contributed by atoms with van der Waals surface area (Å²) in [5.74, 6) is -0.328. The second kappa shape index (κ2) is 21.2. The van der Waals surface area contributed by atoms with Gasteiger partial charge in [0.05, 0.1) is 25.5 Å². The number of hydrogen-bond donors (Lipinski definition) is 7. The van der Waals surface area contributed by atoms with Crippen molar-refractivity contribution in [2.24, 2.45) is 0 Å². The van der Waals surface area contributed by atoms with Crippen molar-refractivity contribution in [2.75, 3.05) is 13.2 Å². The van der Waals surface area contributed by atoms with Gasteiger partial charge in [-0.1, -0.05) is 84.5 Å². The quantitative estimate of drug-likeness (QED) is 0.0899. The van der Waals surface area contributed by atoms with Gasteiger partial charge in [0.25, 0.3) is 0 Å². The fraction of sp³-hybridized carbons (Fsp3) is 0.871. The maximum Gasteiger partial charge on any atom is 0.220 e. The van der Waals surface area contributed by atoms with Crippen LogP contribution in [0.3, 0.4) is 0 Å². The lowest BCUT2D eigenvalue weighted by atomic mass is 9.99. The number of rotatable bonds is 23. The van der Waals surface area contributed by atoms with Crippen molar-refractivity contribution in [2.45, 2.75) is 159 Å². The Balaban J connectivity index is 1.95. The van der Waals surface area contributed by atoms with E-state index in [-0.39, 0.29) is 18.9 Å². The highest BCUT2D eigenvalue weighted by Gasteiger charge is 2.44. The largest absolute Gasteiger partial charge is 0.394 e. The fourth-order valence-electron chi connectivity index (χ4n) is 5.28. The third-order valence-electron chi connectivity index (χ3n) is 8.11. The van der Waals surface area contributed by atoms with Crippen LogP contribution >= 0.6 is 0 Å². The zero-order chi connectivity index (χ0) is 31.6. The lowest BCUT2D eigenvalue weighted by Crippen LogP contribution is -2.60. The van der Waals surface area contributed by atoms with Crippen LogP contribution in [0.2, 0.25) is 0 Å². The summed E-state index contributed by atoms with van der Waals surface area (Å²) in [4.78, 5) is 12.7. The molecule has 1 amide bonds. The predicted molar refractivity (Wildman–Crippen MR) is 161 cm³/mol. The normalized spacial score (nSPS) is 24.5. The van der Waals surface area contributed by atoms with E-state index in [0.717, 1.165) is 32.1 Å². The molecule has 43 heavy (non-hydrogen) atoms. The first-order chi connectivity index (χ1) is 20.7. The van der Waals surface area contributed by atoms with E-state index in [2.05, 4.69) is 24.3 Å². The Bertz CT molecular complexity index is 871. The summed E-state index contributed by atoms with van der Waals surface area (Å²) >= 11 is 0. The van der Waals surface area contributed by atoms with Gasteiger partial charge in [0.15, 0.2) is 6.29 Å². The van der Waals surface area contributed by atoms with Gasteiger partial charge in [-0.15, -0.1) is 0 Å². The Hall–Kier alpha value is -1.64. The molecule has 0 unspecified atom stereocenters. The van der Waals surface area contributed by atoms with E-state index in [0.29, 0.717) is 18.5 Å². The zero-order valence-electron chi connectivity index (χ0n) is 26.1. The molecule has 1 saturated heterocycles. The number of aliphatic hydroxyl groups is 6. The number of amides is 1. The minimum atomic E-state index is -1.63. The molecule has 0 bridgehead atoms. The summed E-state index contributed by atoms with van der Waals surface area (Å²) in [6.07, 6.45) is 7.58. The molecular weight excluding hydrogens is 558 g/mol. The van der Waals surface area contributed by atoms with Gasteiger partial charge in [-0.2, -0.15) is 5.10 Å². The molecule has 0 aromatic carbocycles. The molecule has 2 heterocycles. The van der Waals surface area contributed by atoms with Crippen molar-refractivity contribution in [1.82, 2.24) is 15.1 Å². The first-order valence-corrected chi connectivity index (χ1v) is 16.3. The molecule has 12 nitrogen and oxygen atoms in total. The average molecular weight is 616 g/mol. The van der Waals surface area contributed by atoms with Gasteiger partial charge < -0.3 is 45.4 Å². The highest BCUT2D eigenvalue weighted by molar-refractivity contribution is 5.76. The molecule has 0 radical (unpaired) electrons. The van der Waals surface area contributed by atoms with Crippen LogP contribution in [0.5, 0.6) is 0 Å². The molecule has 0 spiro atoms. The van der Waals surface area contributed by atoms with E-state index in [1.807, 2.05) is 0 Å². The van der Waals surface area contributed by atoms with E-state index < -0.39 is 55.6 Å². The number of aryl methyl sites for hydroxylation is 1. The van der Waals surface area contributed by atoms with E-state index >= 15 is 0 Å². The third-order valence-corrected chi connectivity index (χ3v) is 8.11. The maximum atomic E-state index is 12.7. The summed E-state index contributed by atoms with van der Waals surface area (Å²) in [5, 5.41) is 69.0. The summed E-state index contributed by atoms with van der Waals surface area (Å²) in [6.45, 7) is 3.98. The lowest BCUT2D eigenvalue weighted by Gasteiger charge is -2.40. The van der Waals surface area contributed by atoms with Crippen LogP contribution in [0.15, 0.2) is 12.4 Å². The van der Waals surface area contributed by atoms with Crippen LogP contribution < -0.4 is 5.32 Å². The van der Waals surface area contributed by atoms with Gasteiger partial charge in [-0.05, 0) is 12.8 Å². The van der Waals surface area contributed by atoms with Crippen molar-refractivity contribution in [3.63, 3.8) is 0 Å². The average Bonchev–Trinajstić information content (AvgIpc) is 3.48. The van der Waals surface area contributed by atoms with Gasteiger partial charge in [0.2, 0.25) is 5.91 Å². The smallest absolute Gasteiger partial charge is 0.220 e. The van der Waals surface area contributed by atoms with Crippen molar-refractivity contribution in [3.05, 3.63) is 18.0 Å². The van der Waals surface area contributed by atoms with Gasteiger partial charge in [-0.3, -0.25) is 9.48 Å². The van der Waals surface area contributed by atoms with Crippen LogP contribution in [-0.2, 0) is 20.8 Å². The van der Waals surface area contributed by atoms with Gasteiger partial charge >= 0.3 is 0 Å². The highest BCUT2D eigenvalue weighted by atomic mass is 16.7. The van der Waals surface area contributed by atoms with E-state index in [1.165, 1.54) is 51.1 Å². The Morgan fingerprint density at radius 3 is 2.16 bits per heavy atom. The number of ether oxygens (including phenoxy) is 2. The van der Waals surface area contributed by atoms with Crippen LogP contribution in [0.25, 0.3) is 0 Å². The molecule has 1 fully saturated rings. The number of nitrogens with zero attached hydrogens (tertiary/aromatic N) is 2. The van der Waals surface area contributed by atoms with E-state index in [4.69, 9.17) is 9.47 Å². The van der Waals surface area contributed by atoms with Crippen molar-refractivity contribution < 1.29 is 44.9 Å². The molecule has 2 rings (SSSR count). The Morgan fingerprint density at radius 2 is 1.53 bits per heavy atom. The number of aromatic nitrogens is 2.